The Morgan fingerprint density at radius 1 is 1.10 bits per heavy atom. The van der Waals surface area contributed by atoms with E-state index in [1.165, 1.54) is 0 Å². The van der Waals surface area contributed by atoms with Crippen molar-refractivity contribution in [2.75, 3.05) is 5.48 Å². The predicted octanol–water partition coefficient (Wildman–Crippen LogP) is 0.979. The number of hydrogen-bond acceptors (Lipinski definition) is 5. The normalized spacial score (nSPS) is 9.50. The van der Waals surface area contributed by atoms with E-state index in [0.29, 0.717) is 0 Å². The van der Waals surface area contributed by atoms with Crippen LogP contribution >= 0.6 is 23.2 Å². The fraction of sp³-hybridized carbons (Fsp3) is 0. The summed E-state index contributed by atoms with van der Waals surface area (Å²) in [7, 11) is 0. The molecule has 0 spiro atoms. The monoisotopic (exact) mass is 180 g/mol. The zero-order valence-electron chi connectivity index (χ0n) is 4.54. The van der Waals surface area contributed by atoms with Crippen LogP contribution < -0.4 is 5.48 Å². The van der Waals surface area contributed by atoms with Crippen LogP contribution in [0.4, 0.5) is 5.95 Å². The Bertz CT molecular complexity index is 222. The number of rotatable bonds is 1. The molecule has 2 N–H and O–H groups in total. The Morgan fingerprint density at radius 3 is 2.00 bits per heavy atom. The van der Waals surface area contributed by atoms with Crippen molar-refractivity contribution in [1.29, 1.82) is 0 Å². The zero-order chi connectivity index (χ0) is 7.56. The Labute approximate surface area is 66.0 Å². The lowest BCUT2D eigenvalue weighted by atomic mass is 11.0. The highest BCUT2D eigenvalue weighted by Crippen LogP contribution is 2.08. The fourth-order valence-corrected chi connectivity index (χ4v) is 0.739. The number of halogens is 2. The van der Waals surface area contributed by atoms with Gasteiger partial charge in [0, 0.05) is 0 Å². The van der Waals surface area contributed by atoms with Crippen molar-refractivity contribution in [2.45, 2.75) is 0 Å². The lowest BCUT2D eigenvalue weighted by molar-refractivity contribution is 0.382. The third-order valence-corrected chi connectivity index (χ3v) is 1.02. The van der Waals surface area contributed by atoms with Crippen molar-refractivity contribution in [3.63, 3.8) is 0 Å². The van der Waals surface area contributed by atoms with Gasteiger partial charge < -0.3 is 0 Å². The van der Waals surface area contributed by atoms with E-state index in [0.717, 1.165) is 0 Å². The quantitative estimate of drug-likeness (QED) is 0.631. The van der Waals surface area contributed by atoms with Gasteiger partial charge in [0.15, 0.2) is 0 Å². The minimum atomic E-state index is -0.0787. The van der Waals surface area contributed by atoms with Gasteiger partial charge in [-0.1, -0.05) is 0 Å². The molecule has 0 aromatic carbocycles. The van der Waals surface area contributed by atoms with E-state index in [4.69, 9.17) is 28.4 Å². The smallest absolute Gasteiger partial charge is 0.252 e. The maximum atomic E-state index is 8.27. The predicted molar refractivity (Wildman–Crippen MR) is 35.3 cm³/mol. The van der Waals surface area contributed by atoms with Gasteiger partial charge in [0.1, 0.15) is 0 Å². The highest BCUT2D eigenvalue weighted by molar-refractivity contribution is 6.31. The first-order valence-electron chi connectivity index (χ1n) is 2.19. The number of nitrogens with one attached hydrogen (secondary N) is 1. The first-order valence-corrected chi connectivity index (χ1v) is 2.95. The minimum absolute atomic E-state index is 0.0726. The lowest BCUT2D eigenvalue weighted by Crippen LogP contribution is -1.98. The molecule has 0 saturated carbocycles. The van der Waals surface area contributed by atoms with Crippen LogP contribution in [0.2, 0.25) is 10.6 Å². The Balaban J connectivity index is 3.06. The molecule has 1 aromatic heterocycles. The van der Waals surface area contributed by atoms with Gasteiger partial charge in [0.2, 0.25) is 10.6 Å². The molecule has 1 heterocycles. The van der Waals surface area contributed by atoms with E-state index in [2.05, 4.69) is 15.0 Å². The van der Waals surface area contributed by atoms with Crippen molar-refractivity contribution in [3.05, 3.63) is 10.6 Å². The van der Waals surface area contributed by atoms with Gasteiger partial charge in [-0.05, 0) is 23.2 Å². The van der Waals surface area contributed by atoms with Gasteiger partial charge in [0.25, 0.3) is 5.95 Å². The molecule has 54 valence electrons. The largest absolute Gasteiger partial charge is 0.288 e. The molecular formula is C3H2Cl2N4O. The van der Waals surface area contributed by atoms with E-state index in [9.17, 15) is 0 Å². The summed E-state index contributed by atoms with van der Waals surface area (Å²) < 4.78 is 0. The summed E-state index contributed by atoms with van der Waals surface area (Å²) in [6, 6.07) is 0. The highest BCUT2D eigenvalue weighted by Gasteiger charge is 1.99. The van der Waals surface area contributed by atoms with E-state index in [1.807, 2.05) is 0 Å². The van der Waals surface area contributed by atoms with Crippen LogP contribution in [0.3, 0.4) is 0 Å². The topological polar surface area (TPSA) is 70.9 Å². The first-order chi connectivity index (χ1) is 4.72. The molecule has 0 aliphatic carbocycles. The average molecular weight is 181 g/mol. The van der Waals surface area contributed by atoms with Crippen LogP contribution in [0.1, 0.15) is 0 Å². The maximum Gasteiger partial charge on any atom is 0.252 e. The molecule has 0 amide bonds. The first kappa shape index (κ1) is 7.46. The van der Waals surface area contributed by atoms with Gasteiger partial charge in [-0.25, -0.2) is 5.48 Å². The third-order valence-electron chi connectivity index (χ3n) is 0.681. The van der Waals surface area contributed by atoms with Gasteiger partial charge in [-0.3, -0.25) is 5.21 Å². The molecule has 0 saturated heterocycles. The molecule has 0 unspecified atom stereocenters. The van der Waals surface area contributed by atoms with Gasteiger partial charge in [0.05, 0.1) is 0 Å². The van der Waals surface area contributed by atoms with Crippen molar-refractivity contribution in [3.8, 4) is 0 Å². The maximum absolute atomic E-state index is 8.27. The van der Waals surface area contributed by atoms with Gasteiger partial charge in [-0.2, -0.15) is 15.0 Å². The van der Waals surface area contributed by atoms with Crippen LogP contribution in [-0.2, 0) is 0 Å². The van der Waals surface area contributed by atoms with E-state index in [-0.39, 0.29) is 16.5 Å². The molecule has 0 bridgehead atoms. The summed E-state index contributed by atoms with van der Waals surface area (Å²) in [5.41, 5.74) is 1.68. The molecule has 5 nitrogen and oxygen atoms in total. The molecule has 0 atom stereocenters. The summed E-state index contributed by atoms with van der Waals surface area (Å²) in [6.45, 7) is 0. The minimum Gasteiger partial charge on any atom is -0.288 e. The summed E-state index contributed by atoms with van der Waals surface area (Å²) in [5, 5.41) is 8.12. The van der Waals surface area contributed by atoms with E-state index in [1.54, 1.807) is 5.48 Å². The molecule has 0 radical (unpaired) electrons. The van der Waals surface area contributed by atoms with Crippen molar-refractivity contribution in [1.82, 2.24) is 15.0 Å². The summed E-state index contributed by atoms with van der Waals surface area (Å²) >= 11 is 10.7. The molecule has 1 rings (SSSR count). The van der Waals surface area contributed by atoms with Crippen molar-refractivity contribution < 1.29 is 5.21 Å². The summed E-state index contributed by atoms with van der Waals surface area (Å²) in [4.78, 5) is 10.3. The second-order valence-corrected chi connectivity index (χ2v) is 1.99. The molecular weight excluding hydrogens is 179 g/mol. The average Bonchev–Trinajstić information content (AvgIpc) is 1.85. The summed E-state index contributed by atoms with van der Waals surface area (Å²) in [5.74, 6) is -0.0787. The molecule has 0 aliphatic rings. The Hall–Kier alpha value is -0.650. The second-order valence-electron chi connectivity index (χ2n) is 1.31. The number of hydrogen-bond donors (Lipinski definition) is 2. The van der Waals surface area contributed by atoms with Gasteiger partial charge >= 0.3 is 0 Å². The SMILES string of the molecule is ONc1nc(Cl)nc(Cl)n1. The third kappa shape index (κ3) is 1.66. The molecule has 0 aliphatic heterocycles. The van der Waals surface area contributed by atoms with E-state index < -0.39 is 0 Å². The van der Waals surface area contributed by atoms with Crippen molar-refractivity contribution in [2.24, 2.45) is 0 Å². The Kier molecular flexibility index (Phi) is 2.21. The standard InChI is InChI=1S/C3H2Cl2N4O/c4-1-6-2(5)8-3(7-1)9-10/h10H,(H,6,7,8,9). The van der Waals surface area contributed by atoms with Crippen LogP contribution in [0.15, 0.2) is 0 Å². The number of aromatic nitrogens is 3. The molecule has 1 aromatic rings. The van der Waals surface area contributed by atoms with Crippen molar-refractivity contribution >= 4 is 29.2 Å². The van der Waals surface area contributed by atoms with Crippen LogP contribution in [0, 0.1) is 0 Å². The van der Waals surface area contributed by atoms with Gasteiger partial charge in [-0.15, -0.1) is 0 Å². The number of nitrogens with zero attached hydrogens (tertiary/aromatic N) is 3. The van der Waals surface area contributed by atoms with Crippen LogP contribution in [0.25, 0.3) is 0 Å². The van der Waals surface area contributed by atoms with Crippen LogP contribution in [-0.4, -0.2) is 20.2 Å². The lowest BCUT2D eigenvalue weighted by Gasteiger charge is -1.95. The number of anilines is 1. The molecule has 0 fully saturated rings. The summed E-state index contributed by atoms with van der Waals surface area (Å²) in [6.07, 6.45) is 0. The highest BCUT2D eigenvalue weighted by atomic mass is 35.5. The fourth-order valence-electron chi connectivity index (χ4n) is 0.376. The zero-order valence-corrected chi connectivity index (χ0v) is 6.06. The van der Waals surface area contributed by atoms with E-state index >= 15 is 0 Å². The second kappa shape index (κ2) is 2.96. The molecule has 7 heteroatoms. The van der Waals surface area contributed by atoms with Crippen LogP contribution in [0.5, 0.6) is 0 Å². The Morgan fingerprint density at radius 2 is 1.60 bits per heavy atom. The molecule has 10 heavy (non-hydrogen) atoms.